The van der Waals surface area contributed by atoms with E-state index in [1.807, 2.05) is 0 Å². The SMILES string of the molecule is O=C1C(Br)CCCN1C1CCCCCCC1. The number of rotatable bonds is 1. The highest BCUT2D eigenvalue weighted by atomic mass is 79.9. The third-order valence-electron chi connectivity index (χ3n) is 3.92. The van der Waals surface area contributed by atoms with Crippen molar-refractivity contribution in [1.29, 1.82) is 0 Å². The van der Waals surface area contributed by atoms with Crippen molar-refractivity contribution in [3.63, 3.8) is 0 Å². The summed E-state index contributed by atoms with van der Waals surface area (Å²) in [7, 11) is 0. The van der Waals surface area contributed by atoms with Crippen LogP contribution < -0.4 is 0 Å². The molecule has 0 aromatic rings. The standard InChI is InChI=1S/C13H22BrNO/c14-12-9-6-10-15(13(12)16)11-7-4-2-1-3-5-8-11/h11-12H,1-10H2. The molecule has 1 amide bonds. The number of halogens is 1. The topological polar surface area (TPSA) is 20.3 Å². The van der Waals surface area contributed by atoms with Crippen LogP contribution in [0.1, 0.15) is 57.8 Å². The van der Waals surface area contributed by atoms with E-state index in [4.69, 9.17) is 0 Å². The van der Waals surface area contributed by atoms with Crippen molar-refractivity contribution in [2.75, 3.05) is 6.54 Å². The summed E-state index contributed by atoms with van der Waals surface area (Å²) >= 11 is 3.50. The molecule has 2 nitrogen and oxygen atoms in total. The van der Waals surface area contributed by atoms with Gasteiger partial charge < -0.3 is 4.90 Å². The maximum Gasteiger partial charge on any atom is 0.236 e. The van der Waals surface area contributed by atoms with Crippen LogP contribution in [0.4, 0.5) is 0 Å². The van der Waals surface area contributed by atoms with E-state index in [0.717, 1.165) is 19.4 Å². The number of likely N-dealkylation sites (tertiary alicyclic amines) is 1. The highest BCUT2D eigenvalue weighted by molar-refractivity contribution is 9.10. The van der Waals surface area contributed by atoms with E-state index in [1.165, 1.54) is 44.9 Å². The van der Waals surface area contributed by atoms with E-state index >= 15 is 0 Å². The summed E-state index contributed by atoms with van der Waals surface area (Å²) in [4.78, 5) is 14.4. The van der Waals surface area contributed by atoms with Crippen LogP contribution in [-0.4, -0.2) is 28.2 Å². The third kappa shape index (κ3) is 2.99. The van der Waals surface area contributed by atoms with E-state index in [0.29, 0.717) is 11.9 Å². The molecule has 1 aliphatic heterocycles. The highest BCUT2D eigenvalue weighted by Gasteiger charge is 2.31. The van der Waals surface area contributed by atoms with Gasteiger partial charge in [-0.15, -0.1) is 0 Å². The number of amides is 1. The minimum atomic E-state index is 0.0895. The Morgan fingerprint density at radius 3 is 2.25 bits per heavy atom. The van der Waals surface area contributed by atoms with Gasteiger partial charge in [0.25, 0.3) is 0 Å². The summed E-state index contributed by atoms with van der Waals surface area (Å²) in [5, 5.41) is 0. The van der Waals surface area contributed by atoms with E-state index < -0.39 is 0 Å². The van der Waals surface area contributed by atoms with Gasteiger partial charge in [0.15, 0.2) is 0 Å². The molecule has 1 saturated heterocycles. The molecule has 1 heterocycles. The predicted octanol–water partition coefficient (Wildman–Crippen LogP) is 3.49. The largest absolute Gasteiger partial charge is 0.339 e. The van der Waals surface area contributed by atoms with Gasteiger partial charge in [-0.25, -0.2) is 0 Å². The zero-order valence-electron chi connectivity index (χ0n) is 9.96. The van der Waals surface area contributed by atoms with Gasteiger partial charge in [0, 0.05) is 12.6 Å². The maximum absolute atomic E-state index is 12.1. The van der Waals surface area contributed by atoms with E-state index in [2.05, 4.69) is 20.8 Å². The molecule has 0 aromatic carbocycles. The molecule has 2 fully saturated rings. The number of piperidine rings is 1. The fourth-order valence-electron chi connectivity index (χ4n) is 2.96. The van der Waals surface area contributed by atoms with Gasteiger partial charge in [-0.2, -0.15) is 0 Å². The van der Waals surface area contributed by atoms with Crippen molar-refractivity contribution in [3.8, 4) is 0 Å². The highest BCUT2D eigenvalue weighted by Crippen LogP contribution is 2.26. The summed E-state index contributed by atoms with van der Waals surface area (Å²) in [6.45, 7) is 0.992. The van der Waals surface area contributed by atoms with Gasteiger partial charge in [-0.05, 0) is 25.7 Å². The number of carbonyl (C=O) groups excluding carboxylic acids is 1. The molecule has 2 aliphatic rings. The lowest BCUT2D eigenvalue weighted by Gasteiger charge is -2.37. The normalized spacial score (nSPS) is 29.9. The number of alkyl halides is 1. The average molecular weight is 288 g/mol. The predicted molar refractivity (Wildman–Crippen MR) is 69.8 cm³/mol. The molecule has 1 saturated carbocycles. The zero-order chi connectivity index (χ0) is 11.4. The van der Waals surface area contributed by atoms with Crippen LogP contribution in [0.25, 0.3) is 0 Å². The molecule has 1 atom stereocenters. The molecule has 0 radical (unpaired) electrons. The number of nitrogens with zero attached hydrogens (tertiary/aromatic N) is 1. The Hall–Kier alpha value is -0.0500. The number of hydrogen-bond acceptors (Lipinski definition) is 1. The van der Waals surface area contributed by atoms with Crippen LogP contribution in [-0.2, 0) is 4.79 Å². The van der Waals surface area contributed by atoms with Crippen molar-refractivity contribution in [2.24, 2.45) is 0 Å². The Balaban J connectivity index is 1.95. The molecular formula is C13H22BrNO. The first-order valence-corrected chi connectivity index (χ1v) is 7.65. The van der Waals surface area contributed by atoms with Gasteiger partial charge in [-0.1, -0.05) is 48.0 Å². The monoisotopic (exact) mass is 287 g/mol. The minimum absolute atomic E-state index is 0.0895. The summed E-state index contributed by atoms with van der Waals surface area (Å²) in [5.41, 5.74) is 0. The molecule has 1 aliphatic carbocycles. The Morgan fingerprint density at radius 2 is 1.56 bits per heavy atom. The van der Waals surface area contributed by atoms with Crippen LogP contribution in [0, 0.1) is 0 Å². The second kappa shape index (κ2) is 6.04. The van der Waals surface area contributed by atoms with Crippen molar-refractivity contribution in [2.45, 2.75) is 68.7 Å². The molecule has 3 heteroatoms. The molecule has 0 bridgehead atoms. The van der Waals surface area contributed by atoms with Crippen LogP contribution in [0.3, 0.4) is 0 Å². The third-order valence-corrected chi connectivity index (χ3v) is 4.77. The Kier molecular flexibility index (Phi) is 4.68. The molecular weight excluding hydrogens is 266 g/mol. The number of hydrogen-bond donors (Lipinski definition) is 0. The van der Waals surface area contributed by atoms with Crippen LogP contribution in [0.5, 0.6) is 0 Å². The summed E-state index contributed by atoms with van der Waals surface area (Å²) in [6.07, 6.45) is 11.4. The number of carbonyl (C=O) groups is 1. The molecule has 92 valence electrons. The molecule has 0 N–H and O–H groups in total. The lowest BCUT2D eigenvalue weighted by atomic mass is 9.94. The average Bonchev–Trinajstić information content (AvgIpc) is 2.23. The van der Waals surface area contributed by atoms with Gasteiger partial charge in [0.1, 0.15) is 0 Å². The fraction of sp³-hybridized carbons (Fsp3) is 0.923. The van der Waals surface area contributed by atoms with Crippen LogP contribution in [0.15, 0.2) is 0 Å². The minimum Gasteiger partial charge on any atom is -0.339 e. The second-order valence-corrected chi connectivity index (χ2v) is 6.25. The molecule has 1 unspecified atom stereocenters. The lowest BCUT2D eigenvalue weighted by molar-refractivity contribution is -0.135. The van der Waals surface area contributed by atoms with Crippen LogP contribution in [0.2, 0.25) is 0 Å². The molecule has 16 heavy (non-hydrogen) atoms. The van der Waals surface area contributed by atoms with Gasteiger partial charge in [-0.3, -0.25) is 4.79 Å². The summed E-state index contributed by atoms with van der Waals surface area (Å²) in [5.74, 6) is 0.344. The summed E-state index contributed by atoms with van der Waals surface area (Å²) in [6, 6.07) is 0.535. The first kappa shape index (κ1) is 12.4. The quantitative estimate of drug-likeness (QED) is 0.676. The van der Waals surface area contributed by atoms with Crippen molar-refractivity contribution in [3.05, 3.63) is 0 Å². The van der Waals surface area contributed by atoms with Crippen molar-refractivity contribution >= 4 is 21.8 Å². The Morgan fingerprint density at radius 1 is 0.938 bits per heavy atom. The molecule has 2 rings (SSSR count). The zero-order valence-corrected chi connectivity index (χ0v) is 11.5. The van der Waals surface area contributed by atoms with E-state index in [-0.39, 0.29) is 4.83 Å². The smallest absolute Gasteiger partial charge is 0.236 e. The van der Waals surface area contributed by atoms with E-state index in [1.54, 1.807) is 0 Å². The van der Waals surface area contributed by atoms with Gasteiger partial charge in [0.05, 0.1) is 4.83 Å². The van der Waals surface area contributed by atoms with Crippen molar-refractivity contribution in [1.82, 2.24) is 4.90 Å². The molecule has 0 aromatic heterocycles. The van der Waals surface area contributed by atoms with Gasteiger partial charge in [0.2, 0.25) is 5.91 Å². The first-order valence-electron chi connectivity index (χ1n) is 6.73. The van der Waals surface area contributed by atoms with E-state index in [9.17, 15) is 4.79 Å². The van der Waals surface area contributed by atoms with Crippen molar-refractivity contribution < 1.29 is 4.79 Å². The molecule has 0 spiro atoms. The lowest BCUT2D eigenvalue weighted by Crippen LogP contribution is -2.47. The Labute approximate surface area is 107 Å². The second-order valence-electron chi connectivity index (χ2n) is 5.14. The first-order chi connectivity index (χ1) is 7.79. The Bertz CT molecular complexity index is 236. The fourth-order valence-corrected chi connectivity index (χ4v) is 3.55. The van der Waals surface area contributed by atoms with Gasteiger partial charge >= 0.3 is 0 Å². The maximum atomic E-state index is 12.1. The van der Waals surface area contributed by atoms with Crippen LogP contribution >= 0.6 is 15.9 Å². The summed E-state index contributed by atoms with van der Waals surface area (Å²) < 4.78 is 0.